The topological polar surface area (TPSA) is 47.6 Å². The minimum atomic E-state index is 0.0271. The molecule has 0 atom stereocenters. The maximum atomic E-state index is 6.08. The Labute approximate surface area is 98.5 Å². The number of nitrogens with two attached hydrogens (primary N) is 1. The zero-order valence-electron chi connectivity index (χ0n) is 10.4. The molecule has 92 valence electrons. The number of amidine groups is 1. The second-order valence-electron chi connectivity index (χ2n) is 5.32. The van der Waals surface area contributed by atoms with Crippen LogP contribution in [0.15, 0.2) is 4.99 Å². The Morgan fingerprint density at radius 3 is 2.44 bits per heavy atom. The molecule has 0 radical (unpaired) electrons. The zero-order valence-corrected chi connectivity index (χ0v) is 10.4. The fourth-order valence-electron chi connectivity index (χ4n) is 2.76. The first-order valence-corrected chi connectivity index (χ1v) is 6.61. The van der Waals surface area contributed by atoms with Crippen molar-refractivity contribution >= 4 is 5.84 Å². The maximum Gasteiger partial charge on any atom is 0.0969 e. The van der Waals surface area contributed by atoms with E-state index in [2.05, 4.69) is 4.99 Å². The summed E-state index contributed by atoms with van der Waals surface area (Å²) in [6.07, 6.45) is 10.0. The van der Waals surface area contributed by atoms with Gasteiger partial charge in [0.15, 0.2) is 0 Å². The Hall–Kier alpha value is -0.570. The molecule has 0 aromatic carbocycles. The van der Waals surface area contributed by atoms with E-state index < -0.39 is 0 Å². The van der Waals surface area contributed by atoms with Gasteiger partial charge >= 0.3 is 0 Å². The molecule has 3 heteroatoms. The third-order valence-corrected chi connectivity index (χ3v) is 4.27. The number of hydrogen-bond donors (Lipinski definition) is 1. The van der Waals surface area contributed by atoms with E-state index in [9.17, 15) is 0 Å². The van der Waals surface area contributed by atoms with Gasteiger partial charge in [0.25, 0.3) is 0 Å². The number of nitrogens with zero attached hydrogens (tertiary/aromatic N) is 1. The normalized spacial score (nSPS) is 26.4. The molecule has 0 bridgehead atoms. The van der Waals surface area contributed by atoms with Crippen LogP contribution in [-0.2, 0) is 4.74 Å². The smallest absolute Gasteiger partial charge is 0.0969 e. The van der Waals surface area contributed by atoms with Crippen molar-refractivity contribution in [1.82, 2.24) is 0 Å². The predicted octanol–water partition coefficient (Wildman–Crippen LogP) is 2.49. The fraction of sp³-hybridized carbons (Fsp3) is 0.923. The quantitative estimate of drug-likeness (QED) is 0.589. The third kappa shape index (κ3) is 2.57. The molecule has 3 nitrogen and oxygen atoms in total. The number of rotatable bonds is 4. The lowest BCUT2D eigenvalue weighted by molar-refractivity contribution is -0.0630. The van der Waals surface area contributed by atoms with Gasteiger partial charge in [-0.15, -0.1) is 0 Å². The number of ether oxygens (including phenoxy) is 1. The lowest BCUT2D eigenvalue weighted by Crippen LogP contribution is -2.43. The summed E-state index contributed by atoms with van der Waals surface area (Å²) < 4.78 is 5.55. The predicted molar refractivity (Wildman–Crippen MR) is 66.7 cm³/mol. The van der Waals surface area contributed by atoms with E-state index in [4.69, 9.17) is 10.5 Å². The third-order valence-electron chi connectivity index (χ3n) is 4.27. The molecule has 2 aliphatic rings. The average molecular weight is 224 g/mol. The van der Waals surface area contributed by atoms with E-state index in [1.54, 1.807) is 7.11 Å². The highest BCUT2D eigenvalue weighted by molar-refractivity contribution is 5.82. The lowest BCUT2D eigenvalue weighted by atomic mass is 9.80. The van der Waals surface area contributed by atoms with Crippen LogP contribution in [0.5, 0.6) is 0 Å². The lowest BCUT2D eigenvalue weighted by Gasteiger charge is -2.39. The molecule has 0 unspecified atom stereocenters. The van der Waals surface area contributed by atoms with Crippen molar-refractivity contribution in [2.24, 2.45) is 16.6 Å². The molecule has 16 heavy (non-hydrogen) atoms. The fourth-order valence-corrected chi connectivity index (χ4v) is 2.76. The van der Waals surface area contributed by atoms with Gasteiger partial charge in [-0.3, -0.25) is 4.99 Å². The van der Waals surface area contributed by atoms with Crippen LogP contribution in [0.3, 0.4) is 0 Å². The van der Waals surface area contributed by atoms with Gasteiger partial charge in [0.1, 0.15) is 0 Å². The molecule has 0 amide bonds. The van der Waals surface area contributed by atoms with Crippen molar-refractivity contribution in [3.8, 4) is 0 Å². The van der Waals surface area contributed by atoms with Crippen LogP contribution in [0.1, 0.15) is 51.4 Å². The second-order valence-corrected chi connectivity index (χ2v) is 5.32. The van der Waals surface area contributed by atoms with Crippen LogP contribution >= 0.6 is 0 Å². The van der Waals surface area contributed by atoms with Crippen LogP contribution in [0.4, 0.5) is 0 Å². The first kappa shape index (κ1) is 11.9. The van der Waals surface area contributed by atoms with E-state index in [0.29, 0.717) is 5.92 Å². The van der Waals surface area contributed by atoms with Crippen molar-refractivity contribution in [2.75, 3.05) is 13.7 Å². The van der Waals surface area contributed by atoms with E-state index in [0.717, 1.165) is 25.2 Å². The van der Waals surface area contributed by atoms with Crippen molar-refractivity contribution < 1.29 is 4.74 Å². The Morgan fingerprint density at radius 1 is 1.25 bits per heavy atom. The molecule has 0 aliphatic heterocycles. The van der Waals surface area contributed by atoms with Gasteiger partial charge in [0.2, 0.25) is 0 Å². The largest absolute Gasteiger partial charge is 0.387 e. The summed E-state index contributed by atoms with van der Waals surface area (Å²) in [5.41, 5.74) is 6.11. The highest BCUT2D eigenvalue weighted by Crippen LogP contribution is 2.35. The van der Waals surface area contributed by atoms with Crippen molar-refractivity contribution in [3.05, 3.63) is 0 Å². The van der Waals surface area contributed by atoms with Gasteiger partial charge in [-0.25, -0.2) is 0 Å². The Balaban J connectivity index is 1.85. The maximum absolute atomic E-state index is 6.08. The first-order valence-electron chi connectivity index (χ1n) is 6.61. The number of aliphatic imine (C=N–C) groups is 1. The summed E-state index contributed by atoms with van der Waals surface area (Å²) in [5.74, 6) is 1.42. The van der Waals surface area contributed by atoms with Crippen molar-refractivity contribution in [2.45, 2.75) is 57.0 Å². The summed E-state index contributed by atoms with van der Waals surface area (Å²) in [7, 11) is 1.80. The highest BCUT2D eigenvalue weighted by atomic mass is 16.5. The SMILES string of the molecule is COC1(CN=C(N)C2CCCCC2)CCC1. The van der Waals surface area contributed by atoms with Gasteiger partial charge < -0.3 is 10.5 Å². The molecular formula is C13H24N2O. The van der Waals surface area contributed by atoms with Crippen LogP contribution in [0, 0.1) is 5.92 Å². The molecule has 2 fully saturated rings. The molecule has 0 aromatic heterocycles. The summed E-state index contributed by atoms with van der Waals surface area (Å²) in [4.78, 5) is 4.58. The van der Waals surface area contributed by atoms with Gasteiger partial charge in [0.05, 0.1) is 18.0 Å². The molecule has 2 aliphatic carbocycles. The van der Waals surface area contributed by atoms with Crippen LogP contribution in [0.2, 0.25) is 0 Å². The summed E-state index contributed by atoms with van der Waals surface area (Å²) in [6, 6.07) is 0. The average Bonchev–Trinajstić information content (AvgIpc) is 2.29. The Morgan fingerprint density at radius 2 is 1.94 bits per heavy atom. The summed E-state index contributed by atoms with van der Waals surface area (Å²) >= 11 is 0. The van der Waals surface area contributed by atoms with E-state index in [1.165, 1.54) is 38.5 Å². The van der Waals surface area contributed by atoms with Crippen LogP contribution < -0.4 is 5.73 Å². The molecule has 2 rings (SSSR count). The van der Waals surface area contributed by atoms with E-state index in [-0.39, 0.29) is 5.60 Å². The monoisotopic (exact) mass is 224 g/mol. The minimum Gasteiger partial charge on any atom is -0.387 e. The van der Waals surface area contributed by atoms with E-state index >= 15 is 0 Å². The number of hydrogen-bond acceptors (Lipinski definition) is 2. The van der Waals surface area contributed by atoms with Crippen LogP contribution in [-0.4, -0.2) is 25.1 Å². The molecule has 2 N–H and O–H groups in total. The first-order chi connectivity index (χ1) is 7.76. The molecular weight excluding hydrogens is 200 g/mol. The Bertz CT molecular complexity index is 247. The van der Waals surface area contributed by atoms with Crippen LogP contribution in [0.25, 0.3) is 0 Å². The number of methoxy groups -OCH3 is 1. The molecule has 0 heterocycles. The van der Waals surface area contributed by atoms with Gasteiger partial charge in [-0.05, 0) is 32.1 Å². The van der Waals surface area contributed by atoms with Gasteiger partial charge in [0, 0.05) is 13.0 Å². The molecule has 0 spiro atoms. The summed E-state index contributed by atoms with van der Waals surface area (Å²) in [6.45, 7) is 0.770. The summed E-state index contributed by atoms with van der Waals surface area (Å²) in [5, 5.41) is 0. The Kier molecular flexibility index (Phi) is 3.85. The second kappa shape index (κ2) is 5.17. The molecule has 0 aromatic rings. The van der Waals surface area contributed by atoms with Crippen molar-refractivity contribution in [1.29, 1.82) is 0 Å². The van der Waals surface area contributed by atoms with Crippen molar-refractivity contribution in [3.63, 3.8) is 0 Å². The molecule has 2 saturated carbocycles. The standard InChI is InChI=1S/C13H24N2O/c1-16-13(8-5-9-13)10-15-12(14)11-6-3-2-4-7-11/h11H,2-10H2,1H3,(H2,14,15). The highest BCUT2D eigenvalue weighted by Gasteiger charge is 2.36. The van der Waals surface area contributed by atoms with Gasteiger partial charge in [-0.1, -0.05) is 19.3 Å². The van der Waals surface area contributed by atoms with Gasteiger partial charge in [-0.2, -0.15) is 0 Å². The zero-order chi connectivity index (χ0) is 11.4. The molecule has 0 saturated heterocycles. The minimum absolute atomic E-state index is 0.0271. The van der Waals surface area contributed by atoms with E-state index in [1.807, 2.05) is 0 Å².